The number of aromatic nitrogens is 3. The van der Waals surface area contributed by atoms with E-state index in [0.717, 1.165) is 25.0 Å². The first-order valence-corrected chi connectivity index (χ1v) is 9.35. The van der Waals surface area contributed by atoms with Crippen molar-refractivity contribution in [1.29, 1.82) is 0 Å². The quantitative estimate of drug-likeness (QED) is 0.749. The van der Waals surface area contributed by atoms with Gasteiger partial charge in [-0.25, -0.2) is 9.89 Å². The number of amides is 1. The average Bonchev–Trinajstić information content (AvgIpc) is 3.20. The molecule has 1 aliphatic rings. The number of anilines is 1. The van der Waals surface area contributed by atoms with E-state index in [0.29, 0.717) is 22.4 Å². The highest BCUT2D eigenvalue weighted by Gasteiger charge is 2.20. The Morgan fingerprint density at radius 2 is 2.40 bits per heavy atom. The van der Waals surface area contributed by atoms with Crippen LogP contribution in [0.25, 0.3) is 0 Å². The molecule has 1 atom stereocenters. The van der Waals surface area contributed by atoms with Gasteiger partial charge in [-0.3, -0.25) is 9.36 Å². The largest absolute Gasteiger partial charge is 0.376 e. The van der Waals surface area contributed by atoms with E-state index in [-0.39, 0.29) is 23.5 Å². The van der Waals surface area contributed by atoms with Crippen LogP contribution >= 0.6 is 23.4 Å². The van der Waals surface area contributed by atoms with E-state index in [1.54, 1.807) is 12.1 Å². The fourth-order valence-electron chi connectivity index (χ4n) is 2.60. The molecule has 134 valence electrons. The molecule has 0 saturated carbocycles. The lowest BCUT2D eigenvalue weighted by Crippen LogP contribution is -2.25. The number of rotatable bonds is 6. The predicted molar refractivity (Wildman–Crippen MR) is 97.4 cm³/mol. The highest BCUT2D eigenvalue weighted by Crippen LogP contribution is 2.23. The number of carbonyl (C=O) groups is 1. The minimum absolute atomic E-state index is 0.0230. The van der Waals surface area contributed by atoms with Crippen LogP contribution in [0, 0.1) is 6.92 Å². The van der Waals surface area contributed by atoms with Crippen LogP contribution in [0.15, 0.2) is 28.2 Å². The number of hydrogen-bond acceptors (Lipinski definition) is 5. The van der Waals surface area contributed by atoms with Gasteiger partial charge in [0, 0.05) is 6.61 Å². The number of nitrogens with one attached hydrogen (secondary N) is 2. The average molecular weight is 383 g/mol. The van der Waals surface area contributed by atoms with Gasteiger partial charge in [0.2, 0.25) is 5.91 Å². The number of carbonyl (C=O) groups excluding carboxylic acids is 1. The zero-order chi connectivity index (χ0) is 17.8. The molecule has 1 amide bonds. The van der Waals surface area contributed by atoms with Gasteiger partial charge in [0.15, 0.2) is 5.16 Å². The molecular formula is C16H19ClN4O3S. The second-order valence-electron chi connectivity index (χ2n) is 5.88. The van der Waals surface area contributed by atoms with Crippen LogP contribution in [0.5, 0.6) is 0 Å². The first kappa shape index (κ1) is 18.0. The summed E-state index contributed by atoms with van der Waals surface area (Å²) in [7, 11) is 0. The standard InChI is InChI=1S/C16H19ClN4O3S/c1-10-4-5-13(12(17)7-10)18-14(22)9-25-16-20-19-15(23)21(16)8-11-3-2-6-24-11/h4-5,7,11H,2-3,6,8-9H2,1H3,(H,18,22)(H,19,23)/t11-/m0/s1. The molecular weight excluding hydrogens is 364 g/mol. The minimum Gasteiger partial charge on any atom is -0.376 e. The first-order chi connectivity index (χ1) is 12.0. The summed E-state index contributed by atoms with van der Waals surface area (Å²) in [4.78, 5) is 24.0. The lowest BCUT2D eigenvalue weighted by atomic mass is 10.2. The summed E-state index contributed by atoms with van der Waals surface area (Å²) in [6, 6.07) is 5.43. The Labute approximate surface area is 154 Å². The summed E-state index contributed by atoms with van der Waals surface area (Å²) in [6.45, 7) is 3.10. The maximum atomic E-state index is 12.1. The van der Waals surface area contributed by atoms with E-state index in [1.807, 2.05) is 13.0 Å². The lowest BCUT2D eigenvalue weighted by molar-refractivity contribution is -0.113. The topological polar surface area (TPSA) is 89.0 Å². The number of benzene rings is 1. The molecule has 0 unspecified atom stereocenters. The van der Waals surface area contributed by atoms with Crippen molar-refractivity contribution in [1.82, 2.24) is 14.8 Å². The highest BCUT2D eigenvalue weighted by molar-refractivity contribution is 7.99. The first-order valence-electron chi connectivity index (χ1n) is 7.98. The van der Waals surface area contributed by atoms with E-state index in [9.17, 15) is 9.59 Å². The summed E-state index contributed by atoms with van der Waals surface area (Å²) in [5, 5.41) is 10.2. The molecule has 9 heteroatoms. The zero-order valence-electron chi connectivity index (χ0n) is 13.8. The van der Waals surface area contributed by atoms with E-state index in [2.05, 4.69) is 15.5 Å². The number of nitrogens with zero attached hydrogens (tertiary/aromatic N) is 2. The van der Waals surface area contributed by atoms with Gasteiger partial charge in [0.05, 0.1) is 29.1 Å². The number of hydrogen-bond donors (Lipinski definition) is 2. The fraction of sp³-hybridized carbons (Fsp3) is 0.438. The number of H-pyrrole nitrogens is 1. The molecule has 25 heavy (non-hydrogen) atoms. The Morgan fingerprint density at radius 3 is 3.12 bits per heavy atom. The Balaban J connectivity index is 1.59. The number of aryl methyl sites for hydroxylation is 1. The third kappa shape index (κ3) is 4.65. The summed E-state index contributed by atoms with van der Waals surface area (Å²) in [5.74, 6) is -0.0881. The van der Waals surface area contributed by atoms with E-state index in [4.69, 9.17) is 16.3 Å². The van der Waals surface area contributed by atoms with Crippen LogP contribution in [0.2, 0.25) is 5.02 Å². The van der Waals surface area contributed by atoms with Gasteiger partial charge in [-0.05, 0) is 37.5 Å². The molecule has 7 nitrogen and oxygen atoms in total. The molecule has 0 bridgehead atoms. The Morgan fingerprint density at radius 1 is 1.56 bits per heavy atom. The number of aromatic amines is 1. The van der Waals surface area contributed by atoms with Crippen molar-refractivity contribution in [3.63, 3.8) is 0 Å². The van der Waals surface area contributed by atoms with Crippen LogP contribution in [0.3, 0.4) is 0 Å². The maximum Gasteiger partial charge on any atom is 0.344 e. The van der Waals surface area contributed by atoms with Crippen molar-refractivity contribution in [3.8, 4) is 0 Å². The second kappa shape index (κ2) is 8.07. The van der Waals surface area contributed by atoms with Crippen molar-refractivity contribution >= 4 is 35.0 Å². The van der Waals surface area contributed by atoms with E-state index < -0.39 is 0 Å². The van der Waals surface area contributed by atoms with Crippen LogP contribution < -0.4 is 11.0 Å². The lowest BCUT2D eigenvalue weighted by Gasteiger charge is -2.11. The van der Waals surface area contributed by atoms with Crippen molar-refractivity contribution < 1.29 is 9.53 Å². The summed E-state index contributed by atoms with van der Waals surface area (Å²) < 4.78 is 7.08. The molecule has 3 rings (SSSR count). The van der Waals surface area contributed by atoms with Gasteiger partial charge in [-0.2, -0.15) is 0 Å². The molecule has 2 heterocycles. The molecule has 1 aromatic heterocycles. The molecule has 1 aromatic carbocycles. The smallest absolute Gasteiger partial charge is 0.344 e. The van der Waals surface area contributed by atoms with Crippen LogP contribution in [0.4, 0.5) is 5.69 Å². The van der Waals surface area contributed by atoms with E-state index >= 15 is 0 Å². The third-order valence-electron chi connectivity index (χ3n) is 3.86. The van der Waals surface area contributed by atoms with Crippen LogP contribution in [-0.2, 0) is 16.1 Å². The number of halogens is 1. The van der Waals surface area contributed by atoms with Gasteiger partial charge in [0.25, 0.3) is 0 Å². The summed E-state index contributed by atoms with van der Waals surface area (Å²) in [5.41, 5.74) is 1.30. The van der Waals surface area contributed by atoms with Crippen LogP contribution in [0.1, 0.15) is 18.4 Å². The van der Waals surface area contributed by atoms with Gasteiger partial charge in [-0.1, -0.05) is 29.4 Å². The van der Waals surface area contributed by atoms with Crippen LogP contribution in [-0.4, -0.2) is 39.1 Å². The Kier molecular flexibility index (Phi) is 5.82. The molecule has 0 radical (unpaired) electrons. The molecule has 1 saturated heterocycles. The van der Waals surface area contributed by atoms with E-state index in [1.165, 1.54) is 16.3 Å². The van der Waals surface area contributed by atoms with Gasteiger partial charge in [0.1, 0.15) is 0 Å². The third-order valence-corrected chi connectivity index (χ3v) is 5.15. The Bertz CT molecular complexity index is 814. The normalized spacial score (nSPS) is 17.0. The number of thioether (sulfide) groups is 1. The SMILES string of the molecule is Cc1ccc(NC(=O)CSc2n[nH]c(=O)n2C[C@@H]2CCCO2)c(Cl)c1. The fourth-order valence-corrected chi connectivity index (χ4v) is 3.64. The Hall–Kier alpha value is -1.77. The second-order valence-corrected chi connectivity index (χ2v) is 7.23. The van der Waals surface area contributed by atoms with Crippen molar-refractivity contribution in [2.24, 2.45) is 0 Å². The maximum absolute atomic E-state index is 12.1. The molecule has 0 spiro atoms. The minimum atomic E-state index is -0.292. The van der Waals surface area contributed by atoms with Crippen molar-refractivity contribution in [3.05, 3.63) is 39.3 Å². The zero-order valence-corrected chi connectivity index (χ0v) is 15.3. The molecule has 2 aromatic rings. The molecule has 1 aliphatic heterocycles. The van der Waals surface area contributed by atoms with Gasteiger partial charge < -0.3 is 10.1 Å². The summed E-state index contributed by atoms with van der Waals surface area (Å²) >= 11 is 7.31. The van der Waals surface area contributed by atoms with Gasteiger partial charge >= 0.3 is 5.69 Å². The predicted octanol–water partition coefficient (Wildman–Crippen LogP) is 2.44. The monoisotopic (exact) mass is 382 g/mol. The van der Waals surface area contributed by atoms with Crippen molar-refractivity contribution in [2.75, 3.05) is 17.7 Å². The molecule has 0 aliphatic carbocycles. The van der Waals surface area contributed by atoms with Crippen molar-refractivity contribution in [2.45, 2.75) is 37.6 Å². The van der Waals surface area contributed by atoms with Gasteiger partial charge in [-0.15, -0.1) is 5.10 Å². The molecule has 2 N–H and O–H groups in total. The summed E-state index contributed by atoms with van der Waals surface area (Å²) in [6.07, 6.45) is 1.95. The molecule has 1 fully saturated rings. The highest BCUT2D eigenvalue weighted by atomic mass is 35.5. The number of ether oxygens (including phenoxy) is 1.